The van der Waals surface area contributed by atoms with Crippen molar-refractivity contribution in [2.45, 2.75) is 26.0 Å². The number of guanidine groups is 1. The largest absolute Gasteiger partial charge is 0.466 e. The van der Waals surface area contributed by atoms with E-state index in [0.717, 1.165) is 56.7 Å². The molecule has 3 heterocycles. The summed E-state index contributed by atoms with van der Waals surface area (Å²) in [6, 6.07) is 9.70. The topological polar surface area (TPSA) is 82.7 Å². The standard InChI is InChI=1S/C22H30N4O4.HI/c1-3-23-21(24-15-22(2,27)20-5-4-12-28-20)26-10-8-25(9-11-26)14-17-6-7-18-19(13-17)30-16-29-18;/h4-7,12-13,27H,3,8-11,14-16H2,1-2H3,(H,23,24);1H. The fraction of sp³-hybridized carbons (Fsp3) is 0.500. The van der Waals surface area contributed by atoms with E-state index < -0.39 is 5.60 Å². The van der Waals surface area contributed by atoms with Gasteiger partial charge in [0.2, 0.25) is 6.79 Å². The first-order valence-corrected chi connectivity index (χ1v) is 10.5. The van der Waals surface area contributed by atoms with Crippen molar-refractivity contribution in [1.82, 2.24) is 15.1 Å². The molecule has 1 unspecified atom stereocenters. The quantitative estimate of drug-likeness (QED) is 0.330. The third-order valence-electron chi connectivity index (χ3n) is 5.44. The van der Waals surface area contributed by atoms with Gasteiger partial charge in [0.15, 0.2) is 17.5 Å². The second kappa shape index (κ2) is 10.6. The molecular formula is C22H31IN4O4. The van der Waals surface area contributed by atoms with Gasteiger partial charge in [-0.25, -0.2) is 4.99 Å². The fourth-order valence-corrected chi connectivity index (χ4v) is 3.73. The lowest BCUT2D eigenvalue weighted by Crippen LogP contribution is -2.52. The van der Waals surface area contributed by atoms with Gasteiger partial charge in [-0.05, 0) is 43.7 Å². The number of hydrogen-bond donors (Lipinski definition) is 2. The predicted octanol–water partition coefficient (Wildman–Crippen LogP) is 2.62. The number of ether oxygens (including phenoxy) is 2. The lowest BCUT2D eigenvalue weighted by molar-refractivity contribution is 0.0433. The molecule has 1 saturated heterocycles. The van der Waals surface area contributed by atoms with E-state index in [1.807, 2.05) is 6.07 Å². The minimum atomic E-state index is -1.13. The molecule has 2 aliphatic rings. The van der Waals surface area contributed by atoms with E-state index >= 15 is 0 Å². The molecule has 1 fully saturated rings. The molecule has 0 radical (unpaired) electrons. The summed E-state index contributed by atoms with van der Waals surface area (Å²) >= 11 is 0. The summed E-state index contributed by atoms with van der Waals surface area (Å²) in [6.07, 6.45) is 1.57. The molecule has 31 heavy (non-hydrogen) atoms. The number of aliphatic imine (C=N–C) groups is 1. The van der Waals surface area contributed by atoms with Gasteiger partial charge in [-0.1, -0.05) is 6.07 Å². The second-order valence-corrected chi connectivity index (χ2v) is 7.87. The highest BCUT2D eigenvalue weighted by Crippen LogP contribution is 2.32. The number of piperazine rings is 1. The van der Waals surface area contributed by atoms with Gasteiger partial charge < -0.3 is 29.2 Å². The number of rotatable bonds is 6. The van der Waals surface area contributed by atoms with E-state index in [4.69, 9.17) is 13.9 Å². The first-order chi connectivity index (χ1) is 14.5. The van der Waals surface area contributed by atoms with Gasteiger partial charge in [-0.15, -0.1) is 24.0 Å². The van der Waals surface area contributed by atoms with Gasteiger partial charge in [-0.3, -0.25) is 4.90 Å². The number of halogens is 1. The lowest BCUT2D eigenvalue weighted by Gasteiger charge is -2.36. The van der Waals surface area contributed by atoms with Gasteiger partial charge >= 0.3 is 0 Å². The van der Waals surface area contributed by atoms with Gasteiger partial charge in [0.05, 0.1) is 12.8 Å². The van der Waals surface area contributed by atoms with Crippen LogP contribution in [0.4, 0.5) is 0 Å². The Morgan fingerprint density at radius 1 is 1.16 bits per heavy atom. The summed E-state index contributed by atoms with van der Waals surface area (Å²) in [4.78, 5) is 9.36. The first-order valence-electron chi connectivity index (χ1n) is 10.5. The van der Waals surface area contributed by atoms with E-state index in [1.165, 1.54) is 5.56 Å². The molecule has 170 valence electrons. The number of nitrogens with one attached hydrogen (secondary N) is 1. The number of benzene rings is 1. The van der Waals surface area contributed by atoms with Crippen molar-refractivity contribution >= 4 is 29.9 Å². The van der Waals surface area contributed by atoms with Crippen LogP contribution >= 0.6 is 24.0 Å². The molecule has 8 nitrogen and oxygen atoms in total. The Kier molecular flexibility index (Phi) is 8.06. The normalized spacial score (nSPS) is 18.4. The highest BCUT2D eigenvalue weighted by Gasteiger charge is 2.27. The molecule has 1 aromatic heterocycles. The summed E-state index contributed by atoms with van der Waals surface area (Å²) in [5.41, 5.74) is 0.0912. The molecule has 1 atom stereocenters. The average molecular weight is 542 g/mol. The SMILES string of the molecule is CCNC(=NCC(C)(O)c1ccco1)N1CCN(Cc2ccc3c(c2)OCO3)CC1.I. The van der Waals surface area contributed by atoms with E-state index in [1.54, 1.807) is 25.3 Å². The summed E-state index contributed by atoms with van der Waals surface area (Å²) in [5, 5.41) is 14.0. The van der Waals surface area contributed by atoms with Gasteiger partial charge in [0, 0.05) is 39.3 Å². The van der Waals surface area contributed by atoms with Crippen LogP contribution in [0.25, 0.3) is 0 Å². The number of nitrogens with zero attached hydrogens (tertiary/aromatic N) is 3. The maximum Gasteiger partial charge on any atom is 0.231 e. The number of furan rings is 1. The zero-order chi connectivity index (χ0) is 21.0. The maximum absolute atomic E-state index is 10.7. The molecule has 0 bridgehead atoms. The maximum atomic E-state index is 10.7. The van der Waals surface area contributed by atoms with Crippen LogP contribution in [-0.2, 0) is 12.1 Å². The molecular weight excluding hydrogens is 511 g/mol. The van der Waals surface area contributed by atoms with E-state index in [-0.39, 0.29) is 30.5 Å². The number of fused-ring (bicyclic) bond motifs is 1. The Bertz CT molecular complexity index is 864. The van der Waals surface area contributed by atoms with Crippen molar-refractivity contribution < 1.29 is 19.0 Å². The molecule has 1 aromatic carbocycles. The zero-order valence-corrected chi connectivity index (χ0v) is 20.4. The predicted molar refractivity (Wildman–Crippen MR) is 129 cm³/mol. The van der Waals surface area contributed by atoms with Crippen LogP contribution in [0.15, 0.2) is 46.0 Å². The minimum absolute atomic E-state index is 0. The van der Waals surface area contributed by atoms with Crippen molar-refractivity contribution in [3.8, 4) is 11.5 Å². The zero-order valence-electron chi connectivity index (χ0n) is 18.0. The van der Waals surface area contributed by atoms with Crippen molar-refractivity contribution in [1.29, 1.82) is 0 Å². The summed E-state index contributed by atoms with van der Waals surface area (Å²) in [6.45, 7) is 9.60. The Hall–Kier alpha value is -1.98. The van der Waals surface area contributed by atoms with Crippen LogP contribution in [0.2, 0.25) is 0 Å². The van der Waals surface area contributed by atoms with Crippen molar-refractivity contribution in [3.05, 3.63) is 47.9 Å². The highest BCUT2D eigenvalue weighted by molar-refractivity contribution is 14.0. The second-order valence-electron chi connectivity index (χ2n) is 7.87. The Labute approximate surface area is 200 Å². The van der Waals surface area contributed by atoms with Crippen LogP contribution in [-0.4, -0.2) is 66.9 Å². The monoisotopic (exact) mass is 542 g/mol. The molecule has 4 rings (SSSR count). The van der Waals surface area contributed by atoms with Gasteiger partial charge in [0.25, 0.3) is 0 Å². The third kappa shape index (κ3) is 5.83. The molecule has 2 N–H and O–H groups in total. The Balaban J connectivity index is 0.00000272. The molecule has 0 aliphatic carbocycles. The molecule has 0 saturated carbocycles. The lowest BCUT2D eigenvalue weighted by atomic mass is 10.0. The molecule has 2 aromatic rings. The average Bonchev–Trinajstić information content (AvgIpc) is 3.44. The number of aliphatic hydroxyl groups is 1. The van der Waals surface area contributed by atoms with Crippen LogP contribution in [0.5, 0.6) is 11.5 Å². The van der Waals surface area contributed by atoms with Crippen molar-refractivity contribution in [2.24, 2.45) is 4.99 Å². The highest BCUT2D eigenvalue weighted by atomic mass is 127. The van der Waals surface area contributed by atoms with Crippen molar-refractivity contribution in [3.63, 3.8) is 0 Å². The first kappa shape index (κ1) is 23.7. The fourth-order valence-electron chi connectivity index (χ4n) is 3.73. The molecule has 9 heteroatoms. The molecule has 0 spiro atoms. The summed E-state index contributed by atoms with van der Waals surface area (Å²) in [7, 11) is 0. The van der Waals surface area contributed by atoms with Crippen molar-refractivity contribution in [2.75, 3.05) is 46.1 Å². The molecule has 2 aliphatic heterocycles. The third-order valence-corrected chi connectivity index (χ3v) is 5.44. The van der Waals surface area contributed by atoms with Gasteiger partial charge in [-0.2, -0.15) is 0 Å². The summed E-state index contributed by atoms with van der Waals surface area (Å²) in [5.74, 6) is 3.00. The number of hydrogen-bond acceptors (Lipinski definition) is 6. The summed E-state index contributed by atoms with van der Waals surface area (Å²) < 4.78 is 16.2. The smallest absolute Gasteiger partial charge is 0.231 e. The minimum Gasteiger partial charge on any atom is -0.466 e. The van der Waals surface area contributed by atoms with Gasteiger partial charge in [0.1, 0.15) is 11.4 Å². The van der Waals surface area contributed by atoms with Crippen LogP contribution in [0, 0.1) is 0 Å². The molecule has 0 amide bonds. The van der Waals surface area contributed by atoms with E-state index in [2.05, 4.69) is 39.2 Å². The van der Waals surface area contributed by atoms with Crippen LogP contribution in [0.3, 0.4) is 0 Å². The van der Waals surface area contributed by atoms with Crippen LogP contribution < -0.4 is 14.8 Å². The van der Waals surface area contributed by atoms with Crippen LogP contribution in [0.1, 0.15) is 25.2 Å². The van der Waals surface area contributed by atoms with E-state index in [9.17, 15) is 5.11 Å². The van der Waals surface area contributed by atoms with E-state index in [0.29, 0.717) is 12.6 Å². The Morgan fingerprint density at radius 3 is 2.65 bits per heavy atom. The Morgan fingerprint density at radius 2 is 1.94 bits per heavy atom.